The van der Waals surface area contributed by atoms with Crippen LogP contribution < -0.4 is 0 Å². The number of hydrogen-bond acceptors (Lipinski definition) is 3. The van der Waals surface area contributed by atoms with Crippen molar-refractivity contribution in [2.24, 2.45) is 16.7 Å². The summed E-state index contributed by atoms with van der Waals surface area (Å²) >= 11 is 0. The van der Waals surface area contributed by atoms with Gasteiger partial charge in [-0.15, -0.1) is 0 Å². The van der Waals surface area contributed by atoms with E-state index in [9.17, 15) is 5.11 Å². The van der Waals surface area contributed by atoms with Crippen LogP contribution in [0.15, 0.2) is 11.5 Å². The summed E-state index contributed by atoms with van der Waals surface area (Å²) in [4.78, 5) is 3.57. The Morgan fingerprint density at radius 3 is 2.65 bits per heavy atom. The van der Waals surface area contributed by atoms with Gasteiger partial charge in [-0.3, -0.25) is 0 Å². The summed E-state index contributed by atoms with van der Waals surface area (Å²) in [5.74, 6) is 0.610. The molecule has 2 rings (SSSR count). The Hall–Kier alpha value is -1.05. The van der Waals surface area contributed by atoms with Gasteiger partial charge >= 0.3 is 0 Å². The zero-order valence-corrected chi connectivity index (χ0v) is 12.9. The lowest BCUT2D eigenvalue weighted by Crippen LogP contribution is -2.53. The van der Waals surface area contributed by atoms with E-state index in [1.165, 1.54) is 0 Å². The predicted molar refractivity (Wildman–Crippen MR) is 76.9 cm³/mol. The number of aliphatic hydroxyl groups excluding tert-OH is 1. The van der Waals surface area contributed by atoms with Gasteiger partial charge in [0.2, 0.25) is 5.70 Å². The van der Waals surface area contributed by atoms with Crippen LogP contribution in [0, 0.1) is 23.3 Å². The maximum absolute atomic E-state index is 10.4. The zero-order chi connectivity index (χ0) is 15.0. The van der Waals surface area contributed by atoms with Crippen LogP contribution in [-0.2, 0) is 9.47 Å². The van der Waals surface area contributed by atoms with E-state index in [1.807, 2.05) is 13.8 Å². The standard InChI is InChI=1S/C16H25NO3/c1-15(2)12-7-6-8-13(20-10-19-5)16(12,3)9-11(17-4)14(15)18/h12-13,18H,6-10H2,1-3,5H3/t12-,13-,16-/m0/s1. The van der Waals surface area contributed by atoms with Crippen LogP contribution in [-0.4, -0.2) is 25.1 Å². The second-order valence-corrected chi connectivity index (χ2v) is 6.86. The van der Waals surface area contributed by atoms with Crippen LogP contribution in [0.2, 0.25) is 0 Å². The molecule has 0 radical (unpaired) electrons. The van der Waals surface area contributed by atoms with Gasteiger partial charge in [-0.05, 0) is 30.6 Å². The Morgan fingerprint density at radius 1 is 1.35 bits per heavy atom. The highest BCUT2D eigenvalue weighted by Gasteiger charge is 2.55. The monoisotopic (exact) mass is 279 g/mol. The van der Waals surface area contributed by atoms with Gasteiger partial charge in [0.25, 0.3) is 0 Å². The van der Waals surface area contributed by atoms with Crippen molar-refractivity contribution in [3.8, 4) is 0 Å². The fraction of sp³-hybridized carbons (Fsp3) is 0.812. The van der Waals surface area contributed by atoms with Crippen LogP contribution in [0.4, 0.5) is 0 Å². The van der Waals surface area contributed by atoms with Crippen molar-refractivity contribution in [2.45, 2.75) is 52.6 Å². The normalized spacial score (nSPS) is 36.4. The van der Waals surface area contributed by atoms with E-state index in [0.717, 1.165) is 19.3 Å². The molecule has 0 unspecified atom stereocenters. The number of methoxy groups -OCH3 is 1. The minimum atomic E-state index is -0.359. The molecule has 0 aromatic carbocycles. The van der Waals surface area contributed by atoms with Gasteiger partial charge in [0, 0.05) is 12.5 Å². The van der Waals surface area contributed by atoms with Gasteiger partial charge in [0.1, 0.15) is 12.6 Å². The Morgan fingerprint density at radius 2 is 2.05 bits per heavy atom. The summed E-state index contributed by atoms with van der Waals surface area (Å²) in [6.45, 7) is 13.9. The number of fused-ring (bicyclic) bond motifs is 1. The van der Waals surface area contributed by atoms with E-state index in [1.54, 1.807) is 7.11 Å². The van der Waals surface area contributed by atoms with E-state index in [0.29, 0.717) is 18.0 Å². The molecule has 0 amide bonds. The molecule has 0 aromatic rings. The first kappa shape index (κ1) is 15.3. The number of rotatable bonds is 3. The van der Waals surface area contributed by atoms with Crippen molar-refractivity contribution < 1.29 is 14.6 Å². The molecule has 112 valence electrons. The van der Waals surface area contributed by atoms with Gasteiger partial charge in [0.15, 0.2) is 0 Å². The van der Waals surface area contributed by atoms with Gasteiger partial charge < -0.3 is 14.6 Å². The van der Waals surface area contributed by atoms with Crippen molar-refractivity contribution in [1.29, 1.82) is 0 Å². The third kappa shape index (κ3) is 2.23. The Balaban J connectivity index is 2.39. The van der Waals surface area contributed by atoms with E-state index in [-0.39, 0.29) is 29.5 Å². The lowest BCUT2D eigenvalue weighted by Gasteiger charge is -2.55. The van der Waals surface area contributed by atoms with Crippen LogP contribution >= 0.6 is 0 Å². The Labute approximate surface area is 121 Å². The Bertz CT molecular complexity index is 449. The molecule has 0 saturated heterocycles. The average Bonchev–Trinajstić information content (AvgIpc) is 2.41. The van der Waals surface area contributed by atoms with E-state index in [2.05, 4.69) is 11.8 Å². The lowest BCUT2D eigenvalue weighted by atomic mass is 9.52. The molecule has 3 atom stereocenters. The van der Waals surface area contributed by atoms with Gasteiger partial charge in [-0.25, -0.2) is 4.85 Å². The minimum Gasteiger partial charge on any atom is -0.523 e. The SMILES string of the molecule is [C-]#[N+]C1=C(O)C(C)(C)[C@@H]2CCC[C@H](OCOC)[C@@]2(C)C1. The van der Waals surface area contributed by atoms with Crippen LogP contribution in [0.1, 0.15) is 46.5 Å². The molecular weight excluding hydrogens is 254 g/mol. The molecule has 1 N–H and O–H groups in total. The van der Waals surface area contributed by atoms with Gasteiger partial charge in [0.05, 0.1) is 12.7 Å². The van der Waals surface area contributed by atoms with Gasteiger partial charge in [-0.2, -0.15) is 0 Å². The third-order valence-electron chi connectivity index (χ3n) is 5.32. The first-order chi connectivity index (χ1) is 9.37. The molecule has 20 heavy (non-hydrogen) atoms. The van der Waals surface area contributed by atoms with Crippen molar-refractivity contribution >= 4 is 0 Å². The second kappa shape index (κ2) is 5.38. The van der Waals surface area contributed by atoms with Crippen molar-refractivity contribution in [3.05, 3.63) is 22.9 Å². The fourth-order valence-electron chi connectivity index (χ4n) is 4.31. The van der Waals surface area contributed by atoms with Crippen LogP contribution in [0.3, 0.4) is 0 Å². The number of nitrogens with zero attached hydrogens (tertiary/aromatic N) is 1. The molecular formula is C16H25NO3. The quantitative estimate of drug-likeness (QED) is 0.629. The summed E-state index contributed by atoms with van der Waals surface area (Å²) in [5.41, 5.74) is 0.0376. The number of hydrogen-bond donors (Lipinski definition) is 1. The number of allylic oxidation sites excluding steroid dienone is 2. The fourth-order valence-corrected chi connectivity index (χ4v) is 4.31. The molecule has 4 nitrogen and oxygen atoms in total. The van der Waals surface area contributed by atoms with Gasteiger partial charge in [-0.1, -0.05) is 27.2 Å². The smallest absolute Gasteiger partial charge is 0.203 e. The molecule has 0 bridgehead atoms. The van der Waals surface area contributed by atoms with Crippen molar-refractivity contribution in [2.75, 3.05) is 13.9 Å². The molecule has 0 heterocycles. The van der Waals surface area contributed by atoms with Crippen molar-refractivity contribution in [1.82, 2.24) is 0 Å². The highest BCUT2D eigenvalue weighted by Crippen LogP contribution is 2.59. The third-order valence-corrected chi connectivity index (χ3v) is 5.32. The highest BCUT2D eigenvalue weighted by atomic mass is 16.7. The number of aliphatic hydroxyl groups is 1. The largest absolute Gasteiger partial charge is 0.523 e. The average molecular weight is 279 g/mol. The molecule has 0 aliphatic heterocycles. The first-order valence-electron chi connectivity index (χ1n) is 7.28. The van der Waals surface area contributed by atoms with Crippen LogP contribution in [0.25, 0.3) is 4.85 Å². The summed E-state index contributed by atoms with van der Waals surface area (Å²) in [6, 6.07) is 0. The summed E-state index contributed by atoms with van der Waals surface area (Å²) in [5, 5.41) is 10.4. The first-order valence-corrected chi connectivity index (χ1v) is 7.28. The molecule has 0 aromatic heterocycles. The maximum Gasteiger partial charge on any atom is 0.203 e. The minimum absolute atomic E-state index is 0.0883. The zero-order valence-electron chi connectivity index (χ0n) is 12.9. The van der Waals surface area contributed by atoms with E-state index < -0.39 is 0 Å². The topological polar surface area (TPSA) is 43.0 Å². The summed E-state index contributed by atoms with van der Waals surface area (Å²) < 4.78 is 10.9. The lowest BCUT2D eigenvalue weighted by molar-refractivity contribution is -0.165. The van der Waals surface area contributed by atoms with E-state index >= 15 is 0 Å². The van der Waals surface area contributed by atoms with E-state index in [4.69, 9.17) is 16.0 Å². The maximum atomic E-state index is 10.4. The molecule has 4 heteroatoms. The summed E-state index contributed by atoms with van der Waals surface area (Å²) in [6.07, 6.45) is 3.86. The van der Waals surface area contributed by atoms with Crippen LogP contribution in [0.5, 0.6) is 0 Å². The molecule has 2 aliphatic carbocycles. The number of ether oxygens (including phenoxy) is 2. The predicted octanol–water partition coefficient (Wildman–Crippen LogP) is 3.90. The molecule has 1 fully saturated rings. The van der Waals surface area contributed by atoms with Crippen molar-refractivity contribution in [3.63, 3.8) is 0 Å². The summed E-state index contributed by atoms with van der Waals surface area (Å²) in [7, 11) is 1.63. The Kier molecular flexibility index (Phi) is 4.13. The molecule has 0 spiro atoms. The highest BCUT2D eigenvalue weighted by molar-refractivity contribution is 5.29. The molecule has 2 aliphatic rings. The molecule has 1 saturated carbocycles. The second-order valence-electron chi connectivity index (χ2n) is 6.86.